The van der Waals surface area contributed by atoms with Crippen LogP contribution < -0.4 is 10.6 Å². The average molecular weight is 284 g/mol. The number of rotatable bonds is 3. The van der Waals surface area contributed by atoms with E-state index >= 15 is 0 Å². The van der Waals surface area contributed by atoms with Gasteiger partial charge in [0.1, 0.15) is 11.6 Å². The van der Waals surface area contributed by atoms with Gasteiger partial charge in [0, 0.05) is 6.04 Å². The fourth-order valence-corrected chi connectivity index (χ4v) is 2.39. The lowest BCUT2D eigenvalue weighted by atomic mass is 9.86. The van der Waals surface area contributed by atoms with Gasteiger partial charge in [0.15, 0.2) is 0 Å². The maximum absolute atomic E-state index is 12.1. The Labute approximate surface area is 121 Å². The van der Waals surface area contributed by atoms with Crippen molar-refractivity contribution in [1.29, 1.82) is 0 Å². The lowest BCUT2D eigenvalue weighted by molar-refractivity contribution is -0.124. The van der Waals surface area contributed by atoms with E-state index in [1.54, 1.807) is 27.7 Å². The topological polar surface area (TPSA) is 67.4 Å². The summed E-state index contributed by atoms with van der Waals surface area (Å²) in [5.41, 5.74) is -0.557. The minimum atomic E-state index is -0.584. The summed E-state index contributed by atoms with van der Waals surface area (Å²) in [6, 6.07) is -0.363. The van der Waals surface area contributed by atoms with Gasteiger partial charge in [-0.1, -0.05) is 19.8 Å². The van der Waals surface area contributed by atoms with E-state index in [4.69, 9.17) is 4.74 Å². The van der Waals surface area contributed by atoms with Gasteiger partial charge in [0.2, 0.25) is 5.91 Å². The number of ether oxygens (including phenoxy) is 1. The van der Waals surface area contributed by atoms with Crippen LogP contribution in [0.3, 0.4) is 0 Å². The molecule has 5 nitrogen and oxygen atoms in total. The van der Waals surface area contributed by atoms with Gasteiger partial charge in [0.25, 0.3) is 0 Å². The van der Waals surface area contributed by atoms with Gasteiger partial charge in [-0.05, 0) is 46.5 Å². The molecule has 3 atom stereocenters. The third-order valence-corrected chi connectivity index (χ3v) is 3.57. The second-order valence-electron chi connectivity index (χ2n) is 6.74. The molecule has 1 aliphatic rings. The van der Waals surface area contributed by atoms with Crippen LogP contribution in [-0.2, 0) is 9.53 Å². The van der Waals surface area contributed by atoms with Gasteiger partial charge in [-0.25, -0.2) is 4.79 Å². The first-order chi connectivity index (χ1) is 9.19. The Balaban J connectivity index is 2.40. The first-order valence-electron chi connectivity index (χ1n) is 7.49. The summed E-state index contributed by atoms with van der Waals surface area (Å²) >= 11 is 0. The maximum atomic E-state index is 12.1. The summed E-state index contributed by atoms with van der Waals surface area (Å²) in [5.74, 6) is 0.357. The zero-order valence-electron chi connectivity index (χ0n) is 13.3. The highest BCUT2D eigenvalue weighted by Gasteiger charge is 2.26. The van der Waals surface area contributed by atoms with E-state index in [-0.39, 0.29) is 11.9 Å². The van der Waals surface area contributed by atoms with Crippen LogP contribution in [0.4, 0.5) is 4.79 Å². The number of amides is 2. The summed E-state index contributed by atoms with van der Waals surface area (Å²) in [5, 5.41) is 5.59. The molecule has 2 N–H and O–H groups in total. The second-order valence-corrected chi connectivity index (χ2v) is 6.74. The van der Waals surface area contributed by atoms with E-state index in [0.29, 0.717) is 5.92 Å². The molecule has 1 fully saturated rings. The fraction of sp³-hybridized carbons (Fsp3) is 0.867. The summed E-state index contributed by atoms with van der Waals surface area (Å²) in [6.45, 7) is 9.21. The first-order valence-corrected chi connectivity index (χ1v) is 7.49. The number of nitrogens with one attached hydrogen (secondary N) is 2. The van der Waals surface area contributed by atoms with Gasteiger partial charge in [-0.2, -0.15) is 0 Å². The number of hydrogen-bond acceptors (Lipinski definition) is 3. The molecule has 0 aromatic carbocycles. The lowest BCUT2D eigenvalue weighted by Crippen LogP contribution is -2.51. The molecule has 0 unspecified atom stereocenters. The molecule has 1 saturated carbocycles. The van der Waals surface area contributed by atoms with Gasteiger partial charge >= 0.3 is 6.09 Å². The minimum Gasteiger partial charge on any atom is -0.444 e. The van der Waals surface area contributed by atoms with E-state index in [1.165, 1.54) is 6.42 Å². The van der Waals surface area contributed by atoms with Crippen molar-refractivity contribution in [3.63, 3.8) is 0 Å². The Hall–Kier alpha value is -1.26. The molecule has 2 amide bonds. The number of hydrogen-bond donors (Lipinski definition) is 2. The first kappa shape index (κ1) is 16.8. The van der Waals surface area contributed by atoms with E-state index in [9.17, 15) is 9.59 Å². The standard InChI is InChI=1S/C15H28N2O3/c1-10-8-6-7-9-12(10)17-13(18)11(2)16-14(19)20-15(3,4)5/h10-12H,6-9H2,1-5H3,(H,16,19)(H,17,18)/t10-,11-,12+/m0/s1. The van der Waals surface area contributed by atoms with Crippen molar-refractivity contribution in [2.75, 3.05) is 0 Å². The van der Waals surface area contributed by atoms with E-state index in [0.717, 1.165) is 19.3 Å². The van der Waals surface area contributed by atoms with E-state index in [1.807, 2.05) is 0 Å². The molecular formula is C15H28N2O3. The average Bonchev–Trinajstić information content (AvgIpc) is 2.29. The molecule has 5 heteroatoms. The highest BCUT2D eigenvalue weighted by atomic mass is 16.6. The third-order valence-electron chi connectivity index (χ3n) is 3.57. The van der Waals surface area contributed by atoms with Gasteiger partial charge in [-0.15, -0.1) is 0 Å². The van der Waals surface area contributed by atoms with Crippen LogP contribution in [0.5, 0.6) is 0 Å². The fourth-order valence-electron chi connectivity index (χ4n) is 2.39. The highest BCUT2D eigenvalue weighted by molar-refractivity contribution is 5.85. The Bertz CT molecular complexity index is 350. The Morgan fingerprint density at radius 3 is 2.35 bits per heavy atom. The van der Waals surface area contributed by atoms with Crippen molar-refractivity contribution in [3.8, 4) is 0 Å². The largest absolute Gasteiger partial charge is 0.444 e. The van der Waals surface area contributed by atoms with Crippen molar-refractivity contribution in [3.05, 3.63) is 0 Å². The van der Waals surface area contributed by atoms with Gasteiger partial charge in [0.05, 0.1) is 0 Å². The summed E-state index contributed by atoms with van der Waals surface area (Å²) in [7, 11) is 0. The molecule has 20 heavy (non-hydrogen) atoms. The molecule has 0 bridgehead atoms. The lowest BCUT2D eigenvalue weighted by Gasteiger charge is -2.30. The van der Waals surface area contributed by atoms with Crippen molar-refractivity contribution in [2.24, 2.45) is 5.92 Å². The maximum Gasteiger partial charge on any atom is 0.408 e. The molecule has 0 radical (unpaired) electrons. The van der Waals surface area contributed by atoms with Crippen molar-refractivity contribution >= 4 is 12.0 Å². The highest BCUT2D eigenvalue weighted by Crippen LogP contribution is 2.23. The monoisotopic (exact) mass is 284 g/mol. The molecule has 0 aliphatic heterocycles. The Morgan fingerprint density at radius 2 is 1.80 bits per heavy atom. The number of carbonyl (C=O) groups excluding carboxylic acids is 2. The van der Waals surface area contributed by atoms with Crippen LogP contribution in [0.15, 0.2) is 0 Å². The number of alkyl carbamates (subject to hydrolysis) is 1. The molecule has 1 rings (SSSR count). The van der Waals surface area contributed by atoms with Crippen LogP contribution >= 0.6 is 0 Å². The van der Waals surface area contributed by atoms with Gasteiger partial charge < -0.3 is 15.4 Å². The molecule has 0 heterocycles. The SMILES string of the molecule is C[C@H](NC(=O)OC(C)(C)C)C(=O)N[C@@H]1CCCC[C@@H]1C. The predicted octanol–water partition coefficient (Wildman–Crippen LogP) is 2.59. The zero-order chi connectivity index (χ0) is 15.3. The van der Waals surface area contributed by atoms with Crippen LogP contribution in [0.2, 0.25) is 0 Å². The third kappa shape index (κ3) is 5.80. The van der Waals surface area contributed by atoms with Crippen molar-refractivity contribution in [2.45, 2.75) is 78.0 Å². The van der Waals surface area contributed by atoms with E-state index < -0.39 is 17.7 Å². The summed E-state index contributed by atoms with van der Waals surface area (Å²) in [6.07, 6.45) is 4.00. The quantitative estimate of drug-likeness (QED) is 0.837. The van der Waals surface area contributed by atoms with Crippen LogP contribution in [0, 0.1) is 5.92 Å². The predicted molar refractivity (Wildman–Crippen MR) is 78.4 cm³/mol. The molecule has 116 valence electrons. The summed E-state index contributed by atoms with van der Waals surface area (Å²) in [4.78, 5) is 23.7. The molecule has 1 aliphatic carbocycles. The van der Waals surface area contributed by atoms with Crippen LogP contribution in [0.1, 0.15) is 60.3 Å². The van der Waals surface area contributed by atoms with Crippen molar-refractivity contribution < 1.29 is 14.3 Å². The summed E-state index contributed by atoms with van der Waals surface area (Å²) < 4.78 is 5.14. The molecule has 0 aromatic heterocycles. The van der Waals surface area contributed by atoms with Crippen LogP contribution in [-0.4, -0.2) is 29.7 Å². The van der Waals surface area contributed by atoms with E-state index in [2.05, 4.69) is 17.6 Å². The molecule has 0 saturated heterocycles. The normalized spacial score (nSPS) is 24.6. The van der Waals surface area contributed by atoms with Crippen LogP contribution in [0.25, 0.3) is 0 Å². The Kier molecular flexibility index (Phi) is 5.84. The zero-order valence-corrected chi connectivity index (χ0v) is 13.3. The smallest absolute Gasteiger partial charge is 0.408 e. The molecule has 0 spiro atoms. The van der Waals surface area contributed by atoms with Crippen molar-refractivity contribution in [1.82, 2.24) is 10.6 Å². The Morgan fingerprint density at radius 1 is 1.20 bits per heavy atom. The second kappa shape index (κ2) is 6.95. The molecular weight excluding hydrogens is 256 g/mol. The number of carbonyl (C=O) groups is 2. The minimum absolute atomic E-state index is 0.144. The van der Waals surface area contributed by atoms with Gasteiger partial charge in [-0.3, -0.25) is 4.79 Å². The molecule has 0 aromatic rings.